The van der Waals surface area contributed by atoms with Gasteiger partial charge in [-0.25, -0.2) is 0 Å². The first-order valence-electron chi connectivity index (χ1n) is 7.02. The average molecular weight is 256 g/mol. The Labute approximate surface area is 116 Å². The molecule has 0 heterocycles. The Morgan fingerprint density at radius 2 is 1.47 bits per heavy atom. The summed E-state index contributed by atoms with van der Waals surface area (Å²) in [6, 6.07) is 4.35. The van der Waals surface area contributed by atoms with Gasteiger partial charge in [-0.2, -0.15) is 0 Å². The first-order chi connectivity index (χ1) is 8.71. The van der Waals surface area contributed by atoms with Crippen LogP contribution in [0.25, 0.3) is 5.57 Å². The molecule has 0 atom stereocenters. The van der Waals surface area contributed by atoms with Gasteiger partial charge in [-0.1, -0.05) is 37.1 Å². The van der Waals surface area contributed by atoms with Crippen molar-refractivity contribution in [2.45, 2.75) is 54.4 Å². The number of Topliss-reactive ketones (excluding diaryl/α,β-unsaturated/α-hetero) is 1. The number of aryl methyl sites for hydroxylation is 3. The Bertz CT molecular complexity index is 550. The zero-order chi connectivity index (χ0) is 14.4. The molecule has 0 bridgehead atoms. The van der Waals surface area contributed by atoms with Crippen molar-refractivity contribution in [1.82, 2.24) is 0 Å². The molecule has 0 saturated heterocycles. The highest BCUT2D eigenvalue weighted by Crippen LogP contribution is 2.41. The fraction of sp³-hybridized carbons (Fsp3) is 0.500. The Kier molecular flexibility index (Phi) is 3.42. The summed E-state index contributed by atoms with van der Waals surface area (Å²) in [5.41, 5.74) is 7.21. The maximum Gasteiger partial charge on any atom is 0.163 e. The Hall–Kier alpha value is -1.37. The van der Waals surface area contributed by atoms with E-state index in [0.29, 0.717) is 12.2 Å². The van der Waals surface area contributed by atoms with Crippen LogP contribution < -0.4 is 0 Å². The number of ketones is 1. The van der Waals surface area contributed by atoms with E-state index in [0.717, 1.165) is 12.0 Å². The summed E-state index contributed by atoms with van der Waals surface area (Å²) in [5.74, 6) is 0.309. The molecule has 1 aliphatic rings. The van der Waals surface area contributed by atoms with E-state index in [1.54, 1.807) is 0 Å². The summed E-state index contributed by atoms with van der Waals surface area (Å²) in [7, 11) is 0. The van der Waals surface area contributed by atoms with Crippen LogP contribution in [-0.2, 0) is 4.79 Å². The zero-order valence-corrected chi connectivity index (χ0v) is 13.0. The highest BCUT2D eigenvalue weighted by molar-refractivity contribution is 6.23. The van der Waals surface area contributed by atoms with E-state index >= 15 is 0 Å². The second-order valence-electron chi connectivity index (χ2n) is 6.87. The van der Waals surface area contributed by atoms with E-state index in [1.807, 2.05) is 0 Å². The van der Waals surface area contributed by atoms with Crippen LogP contribution in [0.3, 0.4) is 0 Å². The highest BCUT2D eigenvalue weighted by Gasteiger charge is 2.32. The van der Waals surface area contributed by atoms with Gasteiger partial charge in [0.2, 0.25) is 0 Å². The van der Waals surface area contributed by atoms with Gasteiger partial charge in [0, 0.05) is 12.0 Å². The lowest BCUT2D eigenvalue weighted by Gasteiger charge is -2.32. The Morgan fingerprint density at radius 1 is 0.947 bits per heavy atom. The SMILES string of the molecule is CC1=C(c2c(C)cc(C)cc2C)C(=O)CC(C)(C)C1. The molecule has 0 fully saturated rings. The summed E-state index contributed by atoms with van der Waals surface area (Å²) in [6.45, 7) is 12.8. The van der Waals surface area contributed by atoms with Gasteiger partial charge in [0.25, 0.3) is 0 Å². The topological polar surface area (TPSA) is 17.1 Å². The van der Waals surface area contributed by atoms with Crippen LogP contribution in [0.15, 0.2) is 17.7 Å². The maximum absolute atomic E-state index is 12.6. The lowest BCUT2D eigenvalue weighted by Crippen LogP contribution is -2.25. The summed E-state index contributed by atoms with van der Waals surface area (Å²) in [4.78, 5) is 12.6. The van der Waals surface area contributed by atoms with Crippen LogP contribution in [-0.4, -0.2) is 5.78 Å². The van der Waals surface area contributed by atoms with Crippen LogP contribution in [0.2, 0.25) is 0 Å². The van der Waals surface area contributed by atoms with Crippen LogP contribution in [0.4, 0.5) is 0 Å². The third-order valence-electron chi connectivity index (χ3n) is 4.02. The molecule has 1 aromatic carbocycles. The van der Waals surface area contributed by atoms with Crippen molar-refractivity contribution in [3.05, 3.63) is 40.0 Å². The van der Waals surface area contributed by atoms with Gasteiger partial charge in [0.1, 0.15) is 0 Å². The van der Waals surface area contributed by atoms with E-state index in [9.17, 15) is 4.79 Å². The molecule has 2 rings (SSSR count). The third kappa shape index (κ3) is 2.65. The molecule has 1 aliphatic carbocycles. The molecule has 102 valence electrons. The number of rotatable bonds is 1. The molecule has 1 aromatic rings. The smallest absolute Gasteiger partial charge is 0.163 e. The second-order valence-corrected chi connectivity index (χ2v) is 6.87. The quantitative estimate of drug-likeness (QED) is 0.707. The van der Waals surface area contributed by atoms with Crippen molar-refractivity contribution < 1.29 is 4.79 Å². The molecular weight excluding hydrogens is 232 g/mol. The molecule has 0 unspecified atom stereocenters. The van der Waals surface area contributed by atoms with Crippen molar-refractivity contribution in [2.75, 3.05) is 0 Å². The molecule has 0 radical (unpaired) electrons. The van der Waals surface area contributed by atoms with Crippen molar-refractivity contribution in [1.29, 1.82) is 0 Å². The molecule has 0 aliphatic heterocycles. The average Bonchev–Trinajstić information content (AvgIpc) is 2.18. The summed E-state index contributed by atoms with van der Waals surface area (Å²) in [6.07, 6.45) is 1.67. The number of benzene rings is 1. The van der Waals surface area contributed by atoms with Gasteiger partial charge in [0.05, 0.1) is 0 Å². The van der Waals surface area contributed by atoms with Crippen LogP contribution in [0.5, 0.6) is 0 Å². The molecule has 0 saturated carbocycles. The predicted molar refractivity (Wildman–Crippen MR) is 81.3 cm³/mol. The maximum atomic E-state index is 12.6. The van der Waals surface area contributed by atoms with Gasteiger partial charge >= 0.3 is 0 Å². The van der Waals surface area contributed by atoms with Gasteiger partial charge in [0.15, 0.2) is 5.78 Å². The van der Waals surface area contributed by atoms with Crippen molar-refractivity contribution in [3.63, 3.8) is 0 Å². The van der Waals surface area contributed by atoms with Crippen molar-refractivity contribution >= 4 is 11.4 Å². The van der Waals surface area contributed by atoms with Gasteiger partial charge in [-0.15, -0.1) is 0 Å². The largest absolute Gasteiger partial charge is 0.294 e. The van der Waals surface area contributed by atoms with Crippen LogP contribution in [0, 0.1) is 26.2 Å². The number of hydrogen-bond acceptors (Lipinski definition) is 1. The second kappa shape index (κ2) is 4.63. The lowest BCUT2D eigenvalue weighted by atomic mass is 9.71. The summed E-state index contributed by atoms with van der Waals surface area (Å²) in [5, 5.41) is 0. The number of allylic oxidation sites excluding steroid dienone is 2. The normalized spacial score (nSPS) is 18.9. The predicted octanol–water partition coefficient (Wildman–Crippen LogP) is 4.77. The fourth-order valence-electron chi connectivity index (χ4n) is 3.56. The molecule has 0 N–H and O–H groups in total. The Morgan fingerprint density at radius 3 is 1.95 bits per heavy atom. The number of carbonyl (C=O) groups is 1. The van der Waals surface area contributed by atoms with Crippen LogP contribution >= 0.6 is 0 Å². The lowest BCUT2D eigenvalue weighted by molar-refractivity contribution is -0.116. The number of carbonyl (C=O) groups excluding carboxylic acids is 1. The Balaban J connectivity index is 2.62. The van der Waals surface area contributed by atoms with Crippen molar-refractivity contribution in [2.24, 2.45) is 5.41 Å². The van der Waals surface area contributed by atoms with Gasteiger partial charge in [-0.3, -0.25) is 4.79 Å². The third-order valence-corrected chi connectivity index (χ3v) is 4.02. The van der Waals surface area contributed by atoms with Crippen molar-refractivity contribution in [3.8, 4) is 0 Å². The van der Waals surface area contributed by atoms with Gasteiger partial charge < -0.3 is 0 Å². The minimum atomic E-state index is 0.108. The van der Waals surface area contributed by atoms with E-state index in [4.69, 9.17) is 0 Å². The van der Waals surface area contributed by atoms with Gasteiger partial charge in [-0.05, 0) is 56.2 Å². The first-order valence-corrected chi connectivity index (χ1v) is 7.02. The summed E-state index contributed by atoms with van der Waals surface area (Å²) >= 11 is 0. The molecule has 0 aromatic heterocycles. The molecular formula is C18H24O. The van der Waals surface area contributed by atoms with E-state index in [-0.39, 0.29) is 5.41 Å². The minimum Gasteiger partial charge on any atom is -0.294 e. The highest BCUT2D eigenvalue weighted by atomic mass is 16.1. The van der Waals surface area contributed by atoms with E-state index in [2.05, 4.69) is 53.7 Å². The monoisotopic (exact) mass is 256 g/mol. The standard InChI is InChI=1S/C18H24O/c1-11-7-12(2)16(13(3)8-11)17-14(4)9-18(5,6)10-15(17)19/h7-8H,9-10H2,1-6H3. The molecule has 1 nitrogen and oxygen atoms in total. The zero-order valence-electron chi connectivity index (χ0n) is 13.0. The van der Waals surface area contributed by atoms with E-state index < -0.39 is 0 Å². The first kappa shape index (κ1) is 14.0. The molecule has 0 spiro atoms. The summed E-state index contributed by atoms with van der Waals surface area (Å²) < 4.78 is 0. The molecule has 0 amide bonds. The fourth-order valence-corrected chi connectivity index (χ4v) is 3.56. The molecule has 19 heavy (non-hydrogen) atoms. The minimum absolute atomic E-state index is 0.108. The number of hydrogen-bond donors (Lipinski definition) is 0. The van der Waals surface area contributed by atoms with E-state index in [1.165, 1.54) is 27.8 Å². The molecule has 1 heteroatoms. The van der Waals surface area contributed by atoms with Crippen LogP contribution in [0.1, 0.15) is 55.9 Å².